The van der Waals surface area contributed by atoms with Gasteiger partial charge in [-0.25, -0.2) is 0 Å². The van der Waals surface area contributed by atoms with Crippen molar-refractivity contribution in [3.8, 4) is 0 Å². The van der Waals surface area contributed by atoms with Crippen molar-refractivity contribution in [1.29, 1.82) is 0 Å². The van der Waals surface area contributed by atoms with Crippen LogP contribution in [-0.2, 0) is 6.54 Å². The summed E-state index contributed by atoms with van der Waals surface area (Å²) in [5.41, 5.74) is 0.897. The molecule has 0 saturated heterocycles. The van der Waals surface area contributed by atoms with Crippen molar-refractivity contribution in [2.45, 2.75) is 32.9 Å². The maximum Gasteiger partial charge on any atom is 0.0976 e. The molecule has 0 saturated carbocycles. The molecule has 1 aromatic rings. The monoisotopic (exact) mass is 292 g/mol. The second kappa shape index (κ2) is 6.55. The molecular weight excluding hydrogens is 276 g/mol. The van der Waals surface area contributed by atoms with E-state index in [-0.39, 0.29) is 0 Å². The van der Waals surface area contributed by atoms with E-state index in [0.29, 0.717) is 0 Å². The molecule has 1 heterocycles. The maximum atomic E-state index is 10.0. The summed E-state index contributed by atoms with van der Waals surface area (Å²) in [5.74, 6) is 2.08. The molecule has 15 heavy (non-hydrogen) atoms. The van der Waals surface area contributed by atoms with E-state index >= 15 is 0 Å². The average Bonchev–Trinajstić information content (AvgIpc) is 2.59. The number of aryl methyl sites for hydroxylation is 1. The first-order valence-corrected chi connectivity index (χ1v) is 7.12. The first kappa shape index (κ1) is 13.1. The predicted octanol–water partition coefficient (Wildman–Crippen LogP) is 2.84. The van der Waals surface area contributed by atoms with Gasteiger partial charge in [-0.3, -0.25) is 4.68 Å². The molecule has 0 radical (unpaired) electrons. The van der Waals surface area contributed by atoms with Gasteiger partial charge in [-0.05, 0) is 40.8 Å². The third-order valence-corrected chi connectivity index (χ3v) is 3.73. The summed E-state index contributed by atoms with van der Waals surface area (Å²) in [5, 5.41) is 14.2. The number of hydrogen-bond acceptors (Lipinski definition) is 3. The van der Waals surface area contributed by atoms with Crippen LogP contribution in [0.1, 0.15) is 32.1 Å². The lowest BCUT2D eigenvalue weighted by Gasteiger charge is -2.12. The molecule has 0 aliphatic heterocycles. The Labute approximate surface area is 103 Å². The third kappa shape index (κ3) is 3.50. The lowest BCUT2D eigenvalue weighted by Crippen LogP contribution is -2.09. The highest BCUT2D eigenvalue weighted by molar-refractivity contribution is 9.10. The van der Waals surface area contributed by atoms with E-state index < -0.39 is 6.10 Å². The molecule has 1 rings (SSSR count). The van der Waals surface area contributed by atoms with E-state index in [1.807, 2.05) is 23.4 Å². The smallest absolute Gasteiger partial charge is 0.0976 e. The summed E-state index contributed by atoms with van der Waals surface area (Å²) in [6.07, 6.45) is 2.11. The number of aromatic nitrogens is 2. The number of halogens is 1. The molecule has 1 atom stereocenters. The highest BCUT2D eigenvalue weighted by Gasteiger charge is 2.16. The van der Waals surface area contributed by atoms with E-state index in [0.717, 1.165) is 34.6 Å². The normalized spacial score (nSPS) is 13.1. The molecule has 0 aromatic carbocycles. The number of thioether (sulfide) groups is 1. The number of rotatable bonds is 6. The lowest BCUT2D eigenvalue weighted by atomic mass is 10.2. The predicted molar refractivity (Wildman–Crippen MR) is 68.2 cm³/mol. The van der Waals surface area contributed by atoms with Gasteiger partial charge in [0.1, 0.15) is 0 Å². The molecule has 3 nitrogen and oxygen atoms in total. The summed E-state index contributed by atoms with van der Waals surface area (Å²) in [6, 6.07) is 0. The van der Waals surface area contributed by atoms with Crippen LogP contribution in [0.3, 0.4) is 0 Å². The number of aliphatic hydroxyl groups is 1. The van der Waals surface area contributed by atoms with Crippen molar-refractivity contribution in [1.82, 2.24) is 9.78 Å². The van der Waals surface area contributed by atoms with Gasteiger partial charge in [-0.1, -0.05) is 6.92 Å². The highest BCUT2D eigenvalue weighted by atomic mass is 79.9. The van der Waals surface area contributed by atoms with Gasteiger partial charge in [0, 0.05) is 6.54 Å². The molecule has 0 spiro atoms. The minimum absolute atomic E-state index is 0.416. The Morgan fingerprint density at radius 1 is 1.60 bits per heavy atom. The first-order valence-electron chi connectivity index (χ1n) is 5.17. The Hall–Kier alpha value is 0. The molecule has 1 N–H and O–H groups in total. The van der Waals surface area contributed by atoms with Crippen LogP contribution in [0, 0.1) is 0 Å². The summed E-state index contributed by atoms with van der Waals surface area (Å²) in [7, 11) is 0. The number of nitrogens with zero attached hydrogens (tertiary/aromatic N) is 2. The van der Waals surface area contributed by atoms with Gasteiger partial charge in [0.05, 0.1) is 22.5 Å². The van der Waals surface area contributed by atoms with Gasteiger partial charge < -0.3 is 5.11 Å². The molecule has 1 aromatic heterocycles. The second-order valence-corrected chi connectivity index (χ2v) is 5.44. The highest BCUT2D eigenvalue weighted by Crippen LogP contribution is 2.26. The van der Waals surface area contributed by atoms with Crippen molar-refractivity contribution in [2.24, 2.45) is 0 Å². The zero-order valence-corrected chi connectivity index (χ0v) is 11.5. The zero-order chi connectivity index (χ0) is 11.3. The zero-order valence-electron chi connectivity index (χ0n) is 9.11. The van der Waals surface area contributed by atoms with Gasteiger partial charge in [0.15, 0.2) is 0 Å². The number of aliphatic hydroxyl groups excluding tert-OH is 1. The van der Waals surface area contributed by atoms with E-state index in [1.165, 1.54) is 0 Å². The fraction of sp³-hybridized carbons (Fsp3) is 0.700. The average molecular weight is 293 g/mol. The largest absolute Gasteiger partial charge is 0.387 e. The summed E-state index contributed by atoms with van der Waals surface area (Å²) < 4.78 is 2.74. The Kier molecular flexibility index (Phi) is 5.71. The van der Waals surface area contributed by atoms with Gasteiger partial charge in [0.25, 0.3) is 0 Å². The van der Waals surface area contributed by atoms with Crippen LogP contribution in [0.25, 0.3) is 0 Å². The fourth-order valence-corrected chi connectivity index (χ4v) is 2.67. The maximum absolute atomic E-state index is 10.0. The molecule has 5 heteroatoms. The SMILES string of the molecule is CCSCCC(O)c1c(Br)cnn1CC. The van der Waals surface area contributed by atoms with Crippen molar-refractivity contribution < 1.29 is 5.11 Å². The minimum atomic E-state index is -0.416. The van der Waals surface area contributed by atoms with Crippen LogP contribution in [-0.4, -0.2) is 26.4 Å². The van der Waals surface area contributed by atoms with Crippen molar-refractivity contribution in [2.75, 3.05) is 11.5 Å². The topological polar surface area (TPSA) is 38.1 Å². The minimum Gasteiger partial charge on any atom is -0.387 e. The molecule has 0 amide bonds. The quantitative estimate of drug-likeness (QED) is 0.820. The van der Waals surface area contributed by atoms with Crippen LogP contribution in [0.2, 0.25) is 0 Å². The summed E-state index contributed by atoms with van der Waals surface area (Å²) in [4.78, 5) is 0. The second-order valence-electron chi connectivity index (χ2n) is 3.19. The first-order chi connectivity index (χ1) is 7.20. The molecule has 0 aliphatic rings. The third-order valence-electron chi connectivity index (χ3n) is 2.19. The van der Waals surface area contributed by atoms with Crippen molar-refractivity contribution >= 4 is 27.7 Å². The molecule has 0 aliphatic carbocycles. The summed E-state index contributed by atoms with van der Waals surface area (Å²) in [6.45, 7) is 4.94. The van der Waals surface area contributed by atoms with Crippen LogP contribution in [0.5, 0.6) is 0 Å². The standard InChI is InChI=1S/C10H17BrN2OS/c1-3-13-10(8(11)7-12-13)9(14)5-6-15-4-2/h7,9,14H,3-6H2,1-2H3. The van der Waals surface area contributed by atoms with Crippen LogP contribution in [0.4, 0.5) is 0 Å². The van der Waals surface area contributed by atoms with Gasteiger partial charge in [-0.2, -0.15) is 16.9 Å². The molecule has 1 unspecified atom stereocenters. The van der Waals surface area contributed by atoms with Crippen LogP contribution < -0.4 is 0 Å². The van der Waals surface area contributed by atoms with E-state index in [9.17, 15) is 5.11 Å². The van der Waals surface area contributed by atoms with Gasteiger partial charge in [0.2, 0.25) is 0 Å². The fourth-order valence-electron chi connectivity index (χ4n) is 1.43. The van der Waals surface area contributed by atoms with Crippen LogP contribution >= 0.6 is 27.7 Å². The Morgan fingerprint density at radius 3 is 2.93 bits per heavy atom. The van der Waals surface area contributed by atoms with Gasteiger partial charge in [-0.15, -0.1) is 0 Å². The molecular formula is C10H17BrN2OS. The van der Waals surface area contributed by atoms with E-state index in [1.54, 1.807) is 6.20 Å². The van der Waals surface area contributed by atoms with Crippen molar-refractivity contribution in [3.05, 3.63) is 16.4 Å². The van der Waals surface area contributed by atoms with E-state index in [2.05, 4.69) is 28.0 Å². The Morgan fingerprint density at radius 2 is 2.33 bits per heavy atom. The van der Waals surface area contributed by atoms with Crippen molar-refractivity contribution in [3.63, 3.8) is 0 Å². The molecule has 0 fully saturated rings. The van der Waals surface area contributed by atoms with Gasteiger partial charge >= 0.3 is 0 Å². The van der Waals surface area contributed by atoms with Crippen LogP contribution in [0.15, 0.2) is 10.7 Å². The lowest BCUT2D eigenvalue weighted by molar-refractivity contribution is 0.163. The Bertz CT molecular complexity index is 304. The molecule has 86 valence electrons. The Balaban J connectivity index is 2.63. The summed E-state index contributed by atoms with van der Waals surface area (Å²) >= 11 is 5.27. The molecule has 0 bridgehead atoms. The van der Waals surface area contributed by atoms with E-state index in [4.69, 9.17) is 0 Å². The number of hydrogen-bond donors (Lipinski definition) is 1.